The predicted molar refractivity (Wildman–Crippen MR) is 125 cm³/mol. The zero-order valence-electron chi connectivity index (χ0n) is 17.6. The van der Waals surface area contributed by atoms with Crippen molar-refractivity contribution in [3.8, 4) is 0 Å². The fourth-order valence-electron chi connectivity index (χ4n) is 4.50. The molecular formula is C26H24N4O2. The van der Waals surface area contributed by atoms with Crippen molar-refractivity contribution < 1.29 is 4.79 Å². The first-order valence-electron chi connectivity index (χ1n) is 10.8. The summed E-state index contributed by atoms with van der Waals surface area (Å²) in [7, 11) is 0. The molecule has 1 fully saturated rings. The molecule has 6 heteroatoms. The van der Waals surface area contributed by atoms with Gasteiger partial charge in [0.15, 0.2) is 5.69 Å². The van der Waals surface area contributed by atoms with Gasteiger partial charge in [0.05, 0.1) is 11.4 Å². The van der Waals surface area contributed by atoms with Gasteiger partial charge in [0.25, 0.3) is 11.5 Å². The fourth-order valence-corrected chi connectivity index (χ4v) is 4.50. The molecule has 1 N–H and O–H groups in total. The van der Waals surface area contributed by atoms with E-state index in [1.807, 2.05) is 23.1 Å². The summed E-state index contributed by atoms with van der Waals surface area (Å²) < 4.78 is 0. The minimum atomic E-state index is -0.282. The summed E-state index contributed by atoms with van der Waals surface area (Å²) in [5.41, 5.74) is 2.50. The van der Waals surface area contributed by atoms with E-state index in [-0.39, 0.29) is 17.5 Å². The van der Waals surface area contributed by atoms with E-state index >= 15 is 0 Å². The second kappa shape index (κ2) is 8.77. The van der Waals surface area contributed by atoms with Crippen molar-refractivity contribution in [2.45, 2.75) is 6.04 Å². The van der Waals surface area contributed by atoms with Crippen LogP contribution in [0, 0.1) is 0 Å². The summed E-state index contributed by atoms with van der Waals surface area (Å²) in [4.78, 5) is 29.6. The Bertz CT molecular complexity index is 1240. The molecule has 0 aliphatic carbocycles. The number of hydrogen-bond donors (Lipinski definition) is 1. The highest BCUT2D eigenvalue weighted by Crippen LogP contribution is 2.29. The van der Waals surface area contributed by atoms with Crippen LogP contribution in [-0.2, 0) is 0 Å². The van der Waals surface area contributed by atoms with E-state index in [1.54, 1.807) is 18.2 Å². The lowest BCUT2D eigenvalue weighted by Crippen LogP contribution is -2.50. The highest BCUT2D eigenvalue weighted by Gasteiger charge is 2.29. The summed E-state index contributed by atoms with van der Waals surface area (Å²) in [6, 6.07) is 28.2. The Hall–Kier alpha value is -3.77. The number of amides is 1. The summed E-state index contributed by atoms with van der Waals surface area (Å²) >= 11 is 0. The van der Waals surface area contributed by atoms with Gasteiger partial charge in [-0.25, -0.2) is 5.10 Å². The summed E-state index contributed by atoms with van der Waals surface area (Å²) in [5.74, 6) is -0.145. The van der Waals surface area contributed by atoms with E-state index in [2.05, 4.69) is 63.6 Å². The van der Waals surface area contributed by atoms with E-state index in [0.717, 1.165) is 13.1 Å². The number of nitrogens with zero attached hydrogens (tertiary/aromatic N) is 3. The van der Waals surface area contributed by atoms with Crippen LogP contribution in [0.2, 0.25) is 0 Å². The quantitative estimate of drug-likeness (QED) is 0.545. The lowest BCUT2D eigenvalue weighted by Gasteiger charge is -2.39. The molecule has 1 aromatic heterocycles. The maximum atomic E-state index is 13.3. The lowest BCUT2D eigenvalue weighted by molar-refractivity contribution is 0.0593. The van der Waals surface area contributed by atoms with Gasteiger partial charge in [0, 0.05) is 31.6 Å². The van der Waals surface area contributed by atoms with Crippen molar-refractivity contribution >= 4 is 16.7 Å². The number of carbonyl (C=O) groups excluding carboxylic acids is 1. The van der Waals surface area contributed by atoms with Gasteiger partial charge in [-0.1, -0.05) is 78.9 Å². The first-order chi connectivity index (χ1) is 15.7. The van der Waals surface area contributed by atoms with Crippen LogP contribution in [0.25, 0.3) is 10.8 Å². The molecule has 0 spiro atoms. The molecule has 0 radical (unpaired) electrons. The number of aromatic amines is 1. The third kappa shape index (κ3) is 3.81. The normalized spacial score (nSPS) is 14.7. The van der Waals surface area contributed by atoms with Crippen LogP contribution in [0.5, 0.6) is 0 Å². The number of rotatable bonds is 4. The Balaban J connectivity index is 1.38. The van der Waals surface area contributed by atoms with Gasteiger partial charge in [-0.15, -0.1) is 0 Å². The van der Waals surface area contributed by atoms with Crippen molar-refractivity contribution in [2.24, 2.45) is 0 Å². The van der Waals surface area contributed by atoms with Crippen LogP contribution in [0.3, 0.4) is 0 Å². The van der Waals surface area contributed by atoms with Crippen LogP contribution >= 0.6 is 0 Å². The van der Waals surface area contributed by atoms with Crippen LogP contribution < -0.4 is 5.56 Å². The van der Waals surface area contributed by atoms with Crippen molar-refractivity contribution in [3.63, 3.8) is 0 Å². The maximum absolute atomic E-state index is 13.3. The average molecular weight is 425 g/mol. The first-order valence-corrected chi connectivity index (χ1v) is 10.8. The molecule has 0 saturated carbocycles. The number of fused-ring (bicyclic) bond motifs is 1. The monoisotopic (exact) mass is 424 g/mol. The number of piperazine rings is 1. The van der Waals surface area contributed by atoms with Gasteiger partial charge in [-0.2, -0.15) is 5.10 Å². The molecule has 3 aromatic carbocycles. The Kier molecular flexibility index (Phi) is 5.52. The Morgan fingerprint density at radius 3 is 1.88 bits per heavy atom. The van der Waals surface area contributed by atoms with Crippen LogP contribution in [0.4, 0.5) is 0 Å². The Labute approximate surface area is 186 Å². The standard InChI is InChI=1S/C26H24N4O2/c31-25-22-14-8-7-13-21(22)23(27-28-25)26(32)30-17-15-29(16-18-30)24(19-9-3-1-4-10-19)20-11-5-2-6-12-20/h1-14,24H,15-18H2,(H,28,31). The van der Waals surface area contributed by atoms with E-state index in [1.165, 1.54) is 11.1 Å². The Morgan fingerprint density at radius 2 is 1.28 bits per heavy atom. The zero-order chi connectivity index (χ0) is 21.9. The second-order valence-corrected chi connectivity index (χ2v) is 8.00. The molecular weight excluding hydrogens is 400 g/mol. The van der Waals surface area contributed by atoms with E-state index in [9.17, 15) is 9.59 Å². The topological polar surface area (TPSA) is 69.3 Å². The minimum absolute atomic E-state index is 0.140. The number of benzene rings is 3. The van der Waals surface area contributed by atoms with Gasteiger partial charge < -0.3 is 4.90 Å². The third-order valence-electron chi connectivity index (χ3n) is 6.10. The molecule has 1 saturated heterocycles. The second-order valence-electron chi connectivity index (χ2n) is 8.00. The number of H-pyrrole nitrogens is 1. The maximum Gasteiger partial charge on any atom is 0.275 e. The van der Waals surface area contributed by atoms with Crippen molar-refractivity contribution in [1.29, 1.82) is 0 Å². The number of carbonyl (C=O) groups is 1. The largest absolute Gasteiger partial charge is 0.335 e. The van der Waals surface area contributed by atoms with E-state index < -0.39 is 0 Å². The first kappa shape index (κ1) is 20.2. The molecule has 0 atom stereocenters. The molecule has 4 aromatic rings. The number of hydrogen-bond acceptors (Lipinski definition) is 4. The highest BCUT2D eigenvalue weighted by molar-refractivity contribution is 6.04. The molecule has 0 bridgehead atoms. The van der Waals surface area contributed by atoms with Crippen LogP contribution in [0.15, 0.2) is 89.7 Å². The van der Waals surface area contributed by atoms with E-state index in [0.29, 0.717) is 29.6 Å². The average Bonchev–Trinajstić information content (AvgIpc) is 2.86. The number of aromatic nitrogens is 2. The summed E-state index contributed by atoms with van der Waals surface area (Å²) in [6.07, 6.45) is 0. The highest BCUT2D eigenvalue weighted by atomic mass is 16.2. The zero-order valence-corrected chi connectivity index (χ0v) is 17.6. The molecule has 0 unspecified atom stereocenters. The fraction of sp³-hybridized carbons (Fsp3) is 0.192. The van der Waals surface area contributed by atoms with E-state index in [4.69, 9.17) is 0 Å². The van der Waals surface area contributed by atoms with Gasteiger partial charge in [-0.05, 0) is 17.2 Å². The molecule has 1 aliphatic rings. The molecule has 1 amide bonds. The third-order valence-corrected chi connectivity index (χ3v) is 6.10. The minimum Gasteiger partial charge on any atom is -0.335 e. The summed E-state index contributed by atoms with van der Waals surface area (Å²) in [6.45, 7) is 2.71. The van der Waals surface area contributed by atoms with Crippen molar-refractivity contribution in [2.75, 3.05) is 26.2 Å². The van der Waals surface area contributed by atoms with Gasteiger partial charge in [-0.3, -0.25) is 14.5 Å². The van der Waals surface area contributed by atoms with Crippen molar-refractivity contribution in [3.05, 3.63) is 112 Å². The van der Waals surface area contributed by atoms with Gasteiger partial charge in [0.2, 0.25) is 0 Å². The molecule has 32 heavy (non-hydrogen) atoms. The smallest absolute Gasteiger partial charge is 0.275 e. The van der Waals surface area contributed by atoms with Gasteiger partial charge in [0.1, 0.15) is 0 Å². The molecule has 1 aliphatic heterocycles. The SMILES string of the molecule is O=C(c1n[nH]c(=O)c2ccccc12)N1CCN(C(c2ccccc2)c2ccccc2)CC1. The molecule has 5 rings (SSSR count). The lowest BCUT2D eigenvalue weighted by atomic mass is 9.96. The molecule has 2 heterocycles. The molecule has 6 nitrogen and oxygen atoms in total. The summed E-state index contributed by atoms with van der Waals surface area (Å²) in [5, 5.41) is 7.63. The van der Waals surface area contributed by atoms with Gasteiger partial charge >= 0.3 is 0 Å². The van der Waals surface area contributed by atoms with Crippen molar-refractivity contribution in [1.82, 2.24) is 20.0 Å². The van der Waals surface area contributed by atoms with Crippen LogP contribution in [0.1, 0.15) is 27.7 Å². The predicted octanol–water partition coefficient (Wildman–Crippen LogP) is 3.47. The molecule has 160 valence electrons. The van der Waals surface area contributed by atoms with Crippen LogP contribution in [-0.4, -0.2) is 52.1 Å². The number of nitrogens with one attached hydrogen (secondary N) is 1. The Morgan fingerprint density at radius 1 is 0.750 bits per heavy atom.